The fraction of sp³-hybridized carbons (Fsp3) is 1.00. The van der Waals surface area contributed by atoms with Crippen LogP contribution in [0.5, 0.6) is 0 Å². The average Bonchev–Trinajstić information content (AvgIpc) is 1.61. The van der Waals surface area contributed by atoms with Gasteiger partial charge in [0.1, 0.15) is 0 Å². The smallest absolute Gasteiger partial charge is 0.308 e. The van der Waals surface area contributed by atoms with Crippen molar-refractivity contribution in [1.29, 1.82) is 0 Å². The van der Waals surface area contributed by atoms with Gasteiger partial charge < -0.3 is 9.80 Å². The van der Waals surface area contributed by atoms with E-state index in [1.807, 2.05) is 0 Å². The van der Waals surface area contributed by atoms with E-state index in [2.05, 4.69) is 38.0 Å². The molecule has 0 amide bonds. The molecule has 2 nitrogen and oxygen atoms in total. The van der Waals surface area contributed by atoms with E-state index in [-0.39, 0.29) is 17.1 Å². The predicted molar refractivity (Wildman–Crippen MR) is 37.1 cm³/mol. The summed E-state index contributed by atoms with van der Waals surface area (Å²) in [6, 6.07) is 0. The fourth-order valence-electron chi connectivity index (χ4n) is 0.400. The summed E-state index contributed by atoms with van der Waals surface area (Å²) in [7, 11) is 8.35. The molecular weight excluding hydrogens is 164 g/mol. The summed E-state index contributed by atoms with van der Waals surface area (Å²) in [5.74, 6) is 0. The van der Waals surface area contributed by atoms with Gasteiger partial charge in [-0.05, 0) is 28.2 Å². The van der Waals surface area contributed by atoms with Gasteiger partial charge in [0, 0.05) is 13.1 Å². The summed E-state index contributed by atoms with van der Waals surface area (Å²) in [6.45, 7) is 2.29. The van der Waals surface area contributed by atoms with E-state index < -0.39 is 0 Å². The van der Waals surface area contributed by atoms with Gasteiger partial charge in [0.05, 0.1) is 0 Å². The molecule has 0 aromatic carbocycles. The Bertz CT molecular complexity index is 47.0. The van der Waals surface area contributed by atoms with Crippen LogP contribution in [0.3, 0.4) is 0 Å². The van der Waals surface area contributed by atoms with Crippen molar-refractivity contribution in [2.24, 2.45) is 0 Å². The molecule has 0 aliphatic rings. The molecular formula is C6H16CuN2+. The maximum absolute atomic E-state index is 2.18. The molecule has 0 bridgehead atoms. The van der Waals surface area contributed by atoms with Gasteiger partial charge in [0.15, 0.2) is 0 Å². The molecule has 9 heavy (non-hydrogen) atoms. The van der Waals surface area contributed by atoms with Crippen molar-refractivity contribution in [2.45, 2.75) is 0 Å². The van der Waals surface area contributed by atoms with Crippen LogP contribution >= 0.6 is 0 Å². The molecule has 0 spiro atoms. The van der Waals surface area contributed by atoms with Crippen LogP contribution in [-0.4, -0.2) is 51.1 Å². The second-order valence-corrected chi connectivity index (χ2v) is 2.61. The van der Waals surface area contributed by atoms with Gasteiger partial charge in [-0.15, -0.1) is 0 Å². The van der Waals surface area contributed by atoms with Crippen LogP contribution in [0.15, 0.2) is 0 Å². The molecule has 0 aliphatic heterocycles. The van der Waals surface area contributed by atoms with E-state index in [4.69, 9.17) is 0 Å². The van der Waals surface area contributed by atoms with Crippen LogP contribution in [-0.2, 0) is 17.1 Å². The number of rotatable bonds is 3. The summed E-state index contributed by atoms with van der Waals surface area (Å²) < 4.78 is 0. The zero-order valence-electron chi connectivity index (χ0n) is 6.61. The normalized spacial score (nSPS) is 10.0. The average molecular weight is 180 g/mol. The van der Waals surface area contributed by atoms with Crippen LogP contribution in [0.25, 0.3) is 0 Å². The van der Waals surface area contributed by atoms with E-state index in [1.165, 1.54) is 0 Å². The molecule has 0 aliphatic carbocycles. The maximum atomic E-state index is 2.18. The summed E-state index contributed by atoms with van der Waals surface area (Å²) in [6.07, 6.45) is 0. The van der Waals surface area contributed by atoms with Gasteiger partial charge in [-0.3, -0.25) is 0 Å². The molecule has 0 aromatic rings. The Kier molecular flexibility index (Phi) is 8.85. The second-order valence-electron chi connectivity index (χ2n) is 2.61. The fourth-order valence-corrected chi connectivity index (χ4v) is 0.400. The van der Waals surface area contributed by atoms with Gasteiger partial charge in [0.25, 0.3) is 0 Å². The van der Waals surface area contributed by atoms with Crippen molar-refractivity contribution < 1.29 is 17.1 Å². The minimum atomic E-state index is 0. The monoisotopic (exact) mass is 179 g/mol. The first kappa shape index (κ1) is 12.1. The van der Waals surface area contributed by atoms with Gasteiger partial charge in [-0.1, -0.05) is 0 Å². The van der Waals surface area contributed by atoms with E-state index >= 15 is 0 Å². The largest absolute Gasteiger partial charge is 1.00 e. The standard InChI is InChI=1S/C6H16N2.Cu/c1-7(2)5-6-8(3)4;/h5-6H2,1-4H3;/q;+1. The van der Waals surface area contributed by atoms with Crippen LogP contribution < -0.4 is 0 Å². The van der Waals surface area contributed by atoms with E-state index in [0.717, 1.165) is 13.1 Å². The molecule has 3 heteroatoms. The number of nitrogens with zero attached hydrogens (tertiary/aromatic N) is 2. The first-order valence-electron chi connectivity index (χ1n) is 2.92. The first-order valence-corrected chi connectivity index (χ1v) is 2.92. The van der Waals surface area contributed by atoms with Gasteiger partial charge in [-0.25, -0.2) is 0 Å². The molecule has 0 saturated carbocycles. The number of hydrogen-bond acceptors (Lipinski definition) is 2. The molecule has 0 unspecified atom stereocenters. The van der Waals surface area contributed by atoms with Crippen LogP contribution in [0.4, 0.5) is 0 Å². The van der Waals surface area contributed by atoms with Crippen molar-refractivity contribution >= 4 is 0 Å². The van der Waals surface area contributed by atoms with Gasteiger partial charge >= 0.3 is 17.1 Å². The third-order valence-electron chi connectivity index (χ3n) is 0.994. The number of likely N-dealkylation sites (N-methyl/N-ethyl adjacent to an activating group) is 2. The minimum Gasteiger partial charge on any atom is -0.308 e. The maximum Gasteiger partial charge on any atom is 1.00 e. The molecule has 0 atom stereocenters. The molecule has 0 saturated heterocycles. The Morgan fingerprint density at radius 3 is 1.11 bits per heavy atom. The van der Waals surface area contributed by atoms with Crippen molar-refractivity contribution in [2.75, 3.05) is 41.3 Å². The van der Waals surface area contributed by atoms with Crippen LogP contribution in [0.1, 0.15) is 0 Å². The third-order valence-corrected chi connectivity index (χ3v) is 0.994. The molecule has 0 heterocycles. The van der Waals surface area contributed by atoms with Crippen LogP contribution in [0, 0.1) is 0 Å². The Morgan fingerprint density at radius 1 is 0.778 bits per heavy atom. The van der Waals surface area contributed by atoms with Gasteiger partial charge in [0.2, 0.25) is 0 Å². The summed E-state index contributed by atoms with van der Waals surface area (Å²) in [5.41, 5.74) is 0. The quantitative estimate of drug-likeness (QED) is 0.568. The van der Waals surface area contributed by atoms with E-state index in [0.29, 0.717) is 0 Å². The zero-order chi connectivity index (χ0) is 6.57. The summed E-state index contributed by atoms with van der Waals surface area (Å²) in [5, 5.41) is 0. The second kappa shape index (κ2) is 6.56. The SMILES string of the molecule is CN(C)CCN(C)C.[Cu+]. The molecule has 0 rings (SSSR count). The Hall–Kier alpha value is 0.439. The Morgan fingerprint density at radius 2 is 1.00 bits per heavy atom. The molecule has 0 aromatic heterocycles. The molecule has 0 N–H and O–H groups in total. The molecule has 60 valence electrons. The Balaban J connectivity index is 0. The van der Waals surface area contributed by atoms with Crippen molar-refractivity contribution in [3.8, 4) is 0 Å². The molecule has 0 fully saturated rings. The van der Waals surface area contributed by atoms with Gasteiger partial charge in [-0.2, -0.15) is 0 Å². The first-order chi connectivity index (χ1) is 3.63. The van der Waals surface area contributed by atoms with E-state index in [1.54, 1.807) is 0 Å². The third kappa shape index (κ3) is 11.8. The minimum absolute atomic E-state index is 0. The van der Waals surface area contributed by atoms with Crippen molar-refractivity contribution in [3.63, 3.8) is 0 Å². The van der Waals surface area contributed by atoms with Crippen molar-refractivity contribution in [3.05, 3.63) is 0 Å². The van der Waals surface area contributed by atoms with Crippen LogP contribution in [0.2, 0.25) is 0 Å². The summed E-state index contributed by atoms with van der Waals surface area (Å²) >= 11 is 0. The van der Waals surface area contributed by atoms with Crippen molar-refractivity contribution in [1.82, 2.24) is 9.80 Å². The number of hydrogen-bond donors (Lipinski definition) is 0. The predicted octanol–water partition coefficient (Wildman–Crippen LogP) is 0.107. The topological polar surface area (TPSA) is 6.48 Å². The van der Waals surface area contributed by atoms with E-state index in [9.17, 15) is 0 Å². The molecule has 0 radical (unpaired) electrons. The Labute approximate surface area is 68.7 Å². The zero-order valence-corrected chi connectivity index (χ0v) is 7.55. The summed E-state index contributed by atoms with van der Waals surface area (Å²) in [4.78, 5) is 4.36.